The number of piperidine rings is 1. The van der Waals surface area contributed by atoms with Crippen LogP contribution in [0.25, 0.3) is 0 Å². The molecule has 2 aromatic carbocycles. The molecule has 1 unspecified atom stereocenters. The molecule has 1 atom stereocenters. The molecule has 0 aliphatic carbocycles. The van der Waals surface area contributed by atoms with E-state index in [1.165, 1.54) is 12.1 Å². The topological polar surface area (TPSA) is 52.6 Å². The van der Waals surface area contributed by atoms with Crippen LogP contribution < -0.4 is 5.32 Å². The molecule has 4 nitrogen and oxygen atoms in total. The third-order valence-electron chi connectivity index (χ3n) is 4.72. The van der Waals surface area contributed by atoms with Crippen LogP contribution in [-0.4, -0.2) is 35.5 Å². The van der Waals surface area contributed by atoms with E-state index in [-0.39, 0.29) is 17.6 Å². The predicted octanol–water partition coefficient (Wildman–Crippen LogP) is 3.21. The molecule has 1 fully saturated rings. The smallest absolute Gasteiger partial charge is 0.238 e. The number of carbonyl (C=O) groups excluding carboxylic acids is 1. The molecule has 0 radical (unpaired) electrons. The maximum Gasteiger partial charge on any atom is 0.238 e. The number of nitrogens with one attached hydrogen (secondary N) is 1. The first kappa shape index (κ1) is 17.6. The van der Waals surface area contributed by atoms with Gasteiger partial charge in [-0.1, -0.05) is 30.3 Å². The lowest BCUT2D eigenvalue weighted by Crippen LogP contribution is -2.40. The number of halogens is 1. The quantitative estimate of drug-likeness (QED) is 0.877. The second-order valence-electron chi connectivity index (χ2n) is 6.52. The number of carbonyl (C=O) groups is 1. The first-order chi connectivity index (χ1) is 12.1. The van der Waals surface area contributed by atoms with Crippen molar-refractivity contribution in [2.45, 2.75) is 18.9 Å². The van der Waals surface area contributed by atoms with Gasteiger partial charge in [0.1, 0.15) is 5.82 Å². The van der Waals surface area contributed by atoms with Crippen molar-refractivity contribution in [3.05, 3.63) is 66.0 Å². The van der Waals surface area contributed by atoms with E-state index in [2.05, 4.69) is 10.2 Å². The van der Waals surface area contributed by atoms with Gasteiger partial charge in [-0.3, -0.25) is 9.69 Å². The number of rotatable bonds is 5. The van der Waals surface area contributed by atoms with Crippen LogP contribution in [0.5, 0.6) is 0 Å². The van der Waals surface area contributed by atoms with Crippen molar-refractivity contribution in [2.24, 2.45) is 5.92 Å². The molecular weight excluding hydrogens is 319 g/mol. The van der Waals surface area contributed by atoms with Gasteiger partial charge in [0.05, 0.1) is 12.6 Å². The zero-order valence-electron chi connectivity index (χ0n) is 14.1. The highest BCUT2D eigenvalue weighted by atomic mass is 19.1. The number of amides is 1. The predicted molar refractivity (Wildman–Crippen MR) is 95.6 cm³/mol. The number of hydrogen-bond donors (Lipinski definition) is 2. The van der Waals surface area contributed by atoms with Gasteiger partial charge in [-0.2, -0.15) is 0 Å². The molecule has 1 aliphatic heterocycles. The second kappa shape index (κ2) is 8.23. The normalized spacial score (nSPS) is 17.2. The Balaban J connectivity index is 1.46. The van der Waals surface area contributed by atoms with Crippen molar-refractivity contribution in [3.63, 3.8) is 0 Å². The van der Waals surface area contributed by atoms with Crippen LogP contribution in [0.3, 0.4) is 0 Å². The molecule has 1 aliphatic rings. The Morgan fingerprint density at radius 1 is 1.12 bits per heavy atom. The highest BCUT2D eigenvalue weighted by Crippen LogP contribution is 2.30. The largest absolute Gasteiger partial charge is 0.388 e. The van der Waals surface area contributed by atoms with E-state index >= 15 is 0 Å². The fraction of sp³-hybridized carbons (Fsp3) is 0.350. The van der Waals surface area contributed by atoms with E-state index in [1.807, 2.05) is 30.3 Å². The first-order valence-corrected chi connectivity index (χ1v) is 8.62. The molecule has 5 heteroatoms. The summed E-state index contributed by atoms with van der Waals surface area (Å²) in [6.45, 7) is 1.89. The van der Waals surface area contributed by atoms with Crippen LogP contribution in [0.15, 0.2) is 54.6 Å². The molecule has 2 N–H and O–H groups in total. The lowest BCUT2D eigenvalue weighted by atomic mass is 9.87. The lowest BCUT2D eigenvalue weighted by Gasteiger charge is -2.34. The van der Waals surface area contributed by atoms with Crippen molar-refractivity contribution in [2.75, 3.05) is 25.0 Å². The van der Waals surface area contributed by atoms with E-state index in [9.17, 15) is 14.3 Å². The molecule has 3 rings (SSSR count). The minimum atomic E-state index is -0.583. The summed E-state index contributed by atoms with van der Waals surface area (Å²) in [5.41, 5.74) is 1.55. The Morgan fingerprint density at radius 2 is 1.76 bits per heavy atom. The fourth-order valence-electron chi connectivity index (χ4n) is 3.28. The highest BCUT2D eigenvalue weighted by Gasteiger charge is 2.27. The molecule has 132 valence electrons. The van der Waals surface area contributed by atoms with Crippen LogP contribution >= 0.6 is 0 Å². The fourth-order valence-corrected chi connectivity index (χ4v) is 3.28. The molecular formula is C20H23FN2O2. The number of nitrogens with zero attached hydrogens (tertiary/aromatic N) is 1. The molecule has 0 spiro atoms. The van der Waals surface area contributed by atoms with Gasteiger partial charge in [0.2, 0.25) is 5.91 Å². The first-order valence-electron chi connectivity index (χ1n) is 8.62. The van der Waals surface area contributed by atoms with Gasteiger partial charge in [0.15, 0.2) is 0 Å². The van der Waals surface area contributed by atoms with E-state index in [4.69, 9.17) is 0 Å². The van der Waals surface area contributed by atoms with Crippen molar-refractivity contribution < 1.29 is 14.3 Å². The zero-order chi connectivity index (χ0) is 17.6. The van der Waals surface area contributed by atoms with Crippen molar-refractivity contribution in [3.8, 4) is 0 Å². The minimum Gasteiger partial charge on any atom is -0.388 e. The van der Waals surface area contributed by atoms with Crippen LogP contribution in [0.1, 0.15) is 24.5 Å². The molecule has 25 heavy (non-hydrogen) atoms. The molecule has 1 saturated heterocycles. The summed E-state index contributed by atoms with van der Waals surface area (Å²) in [4.78, 5) is 14.2. The number of aliphatic hydroxyl groups is 1. The summed E-state index contributed by atoms with van der Waals surface area (Å²) in [5.74, 6) is -0.183. The van der Waals surface area contributed by atoms with E-state index in [0.29, 0.717) is 6.54 Å². The Hall–Kier alpha value is -2.24. The van der Waals surface area contributed by atoms with Crippen molar-refractivity contribution in [1.82, 2.24) is 4.90 Å². The Kier molecular flexibility index (Phi) is 5.79. The third-order valence-corrected chi connectivity index (χ3v) is 4.72. The SMILES string of the molecule is O=C(CN1CCC(C(O)c2ccc(F)cc2)CC1)Nc1ccccc1. The summed E-state index contributed by atoms with van der Waals surface area (Å²) in [6, 6.07) is 15.4. The molecule has 0 bridgehead atoms. The third kappa shape index (κ3) is 4.87. The molecule has 0 saturated carbocycles. The van der Waals surface area contributed by atoms with Gasteiger partial charge in [0.25, 0.3) is 0 Å². The van der Waals surface area contributed by atoms with Gasteiger partial charge >= 0.3 is 0 Å². The number of hydrogen-bond acceptors (Lipinski definition) is 3. The van der Waals surface area contributed by atoms with Gasteiger partial charge in [-0.15, -0.1) is 0 Å². The van der Waals surface area contributed by atoms with E-state index < -0.39 is 6.10 Å². The summed E-state index contributed by atoms with van der Waals surface area (Å²) in [6.07, 6.45) is 1.05. The molecule has 1 amide bonds. The van der Waals surface area contributed by atoms with Crippen molar-refractivity contribution in [1.29, 1.82) is 0 Å². The Morgan fingerprint density at radius 3 is 2.40 bits per heavy atom. The number of likely N-dealkylation sites (tertiary alicyclic amines) is 1. The summed E-state index contributed by atoms with van der Waals surface area (Å²) in [7, 11) is 0. The standard InChI is InChI=1S/C20H23FN2O2/c21-17-8-6-15(7-9-17)20(25)16-10-12-23(13-11-16)14-19(24)22-18-4-2-1-3-5-18/h1-9,16,20,25H,10-14H2,(H,22,24). The van der Waals surface area contributed by atoms with Crippen LogP contribution in [0.2, 0.25) is 0 Å². The average Bonchev–Trinajstić information content (AvgIpc) is 2.63. The Bertz CT molecular complexity index is 683. The van der Waals surface area contributed by atoms with E-state index in [1.54, 1.807) is 12.1 Å². The maximum absolute atomic E-state index is 13.0. The average molecular weight is 342 g/mol. The summed E-state index contributed by atoms with van der Waals surface area (Å²) >= 11 is 0. The number of aliphatic hydroxyl groups excluding tert-OH is 1. The maximum atomic E-state index is 13.0. The highest BCUT2D eigenvalue weighted by molar-refractivity contribution is 5.92. The summed E-state index contributed by atoms with van der Waals surface area (Å²) < 4.78 is 13.0. The van der Waals surface area contributed by atoms with Gasteiger partial charge in [0, 0.05) is 5.69 Å². The van der Waals surface area contributed by atoms with Crippen LogP contribution in [0, 0.1) is 11.7 Å². The molecule has 0 aromatic heterocycles. The lowest BCUT2D eigenvalue weighted by molar-refractivity contribution is -0.117. The number of para-hydroxylation sites is 1. The van der Waals surface area contributed by atoms with E-state index in [0.717, 1.165) is 37.2 Å². The molecule has 1 heterocycles. The molecule has 2 aromatic rings. The zero-order valence-corrected chi connectivity index (χ0v) is 14.1. The van der Waals surface area contributed by atoms with Gasteiger partial charge in [-0.05, 0) is 61.7 Å². The Labute approximate surface area is 147 Å². The number of anilines is 1. The van der Waals surface area contributed by atoms with Crippen LogP contribution in [-0.2, 0) is 4.79 Å². The number of benzene rings is 2. The van der Waals surface area contributed by atoms with Crippen LogP contribution in [0.4, 0.5) is 10.1 Å². The van der Waals surface area contributed by atoms with Gasteiger partial charge < -0.3 is 10.4 Å². The summed E-state index contributed by atoms with van der Waals surface area (Å²) in [5, 5.41) is 13.4. The van der Waals surface area contributed by atoms with Gasteiger partial charge in [-0.25, -0.2) is 4.39 Å². The monoisotopic (exact) mass is 342 g/mol. The second-order valence-corrected chi connectivity index (χ2v) is 6.52. The van der Waals surface area contributed by atoms with Crippen molar-refractivity contribution >= 4 is 11.6 Å². The minimum absolute atomic E-state index is 0.0243.